The van der Waals surface area contributed by atoms with E-state index in [-0.39, 0.29) is 51.4 Å². The molecule has 2 aliphatic rings. The summed E-state index contributed by atoms with van der Waals surface area (Å²) in [5.74, 6) is -5.13. The second kappa shape index (κ2) is 17.0. The number of nitrogens with one attached hydrogen (secondary N) is 4. The van der Waals surface area contributed by atoms with Crippen molar-refractivity contribution in [1.82, 2.24) is 31.1 Å². The molecule has 45 heavy (non-hydrogen) atoms. The van der Waals surface area contributed by atoms with Gasteiger partial charge in [-0.2, -0.15) is 0 Å². The minimum absolute atomic E-state index is 0.0140. The van der Waals surface area contributed by atoms with Crippen LogP contribution in [0.1, 0.15) is 60.3 Å². The number of hydrogen-bond acceptors (Lipinski definition) is 10. The zero-order valence-corrected chi connectivity index (χ0v) is 27.0. The molecule has 0 aromatic rings. The van der Waals surface area contributed by atoms with E-state index in [9.17, 15) is 38.4 Å². The number of ether oxygens (including phenoxy) is 2. The summed E-state index contributed by atoms with van der Waals surface area (Å²) in [6.45, 7) is 8.39. The highest BCUT2D eigenvalue weighted by Gasteiger charge is 2.44. The first-order chi connectivity index (χ1) is 21.1. The van der Waals surface area contributed by atoms with Crippen LogP contribution in [0.2, 0.25) is 0 Å². The van der Waals surface area contributed by atoms with Gasteiger partial charge in [0.2, 0.25) is 41.4 Å². The number of carbonyl (C=O) groups is 8. The molecule has 8 amide bonds. The molecule has 0 aliphatic carbocycles. The molecule has 4 N–H and O–H groups in total. The quantitative estimate of drug-likeness (QED) is 0.132. The van der Waals surface area contributed by atoms with Gasteiger partial charge in [-0.3, -0.25) is 48.2 Å². The van der Waals surface area contributed by atoms with Crippen molar-refractivity contribution in [1.29, 1.82) is 0 Å². The molecule has 2 fully saturated rings. The number of rotatable bonds is 17. The molecule has 7 atom stereocenters. The van der Waals surface area contributed by atoms with Crippen molar-refractivity contribution in [2.75, 3.05) is 33.9 Å². The standard InChI is InChI=1S/C29H46N6O10/c1-15(26(40)31-7)8-23(37)33-20-10-25(39)34(29(20)43)18(4)13-45-19(5)14-44-12-17(3)32-27(41)21(11-22(36)30-6)35-24(38)9-16(2)28(35)42/h15-21H,8-14H2,1-7H3,(H,30,36)(H,31,40)(H,32,41)(H,33,37). The number of nitrogens with zero attached hydrogens (tertiary/aromatic N) is 2. The highest BCUT2D eigenvalue weighted by Crippen LogP contribution is 2.23. The Morgan fingerprint density at radius 2 is 1.44 bits per heavy atom. The molecule has 16 nitrogen and oxygen atoms in total. The van der Waals surface area contributed by atoms with Gasteiger partial charge in [0.1, 0.15) is 12.1 Å². The fourth-order valence-corrected chi connectivity index (χ4v) is 5.03. The van der Waals surface area contributed by atoms with Crippen molar-refractivity contribution in [2.45, 2.75) is 90.6 Å². The first-order valence-corrected chi connectivity index (χ1v) is 15.0. The van der Waals surface area contributed by atoms with E-state index >= 15 is 0 Å². The van der Waals surface area contributed by atoms with Crippen molar-refractivity contribution in [3.05, 3.63) is 0 Å². The summed E-state index contributed by atoms with van der Waals surface area (Å²) in [5, 5.41) is 10.1. The van der Waals surface area contributed by atoms with Gasteiger partial charge in [-0.05, 0) is 20.8 Å². The molecule has 2 rings (SSSR count). The molecule has 2 aliphatic heterocycles. The summed E-state index contributed by atoms with van der Waals surface area (Å²) in [4.78, 5) is 101. The molecule has 7 unspecified atom stereocenters. The van der Waals surface area contributed by atoms with Crippen LogP contribution in [0.5, 0.6) is 0 Å². The molecule has 0 bridgehead atoms. The van der Waals surface area contributed by atoms with Gasteiger partial charge in [0, 0.05) is 44.8 Å². The lowest BCUT2D eigenvalue weighted by atomic mass is 10.1. The van der Waals surface area contributed by atoms with Gasteiger partial charge in [-0.15, -0.1) is 0 Å². The Morgan fingerprint density at radius 1 is 0.800 bits per heavy atom. The third kappa shape index (κ3) is 10.3. The summed E-state index contributed by atoms with van der Waals surface area (Å²) in [5.41, 5.74) is 0. The van der Waals surface area contributed by atoms with Crippen molar-refractivity contribution in [2.24, 2.45) is 11.8 Å². The predicted octanol–water partition coefficient (Wildman–Crippen LogP) is -1.78. The molecular formula is C29H46N6O10. The molecule has 0 aromatic carbocycles. The molecule has 0 aromatic heterocycles. The SMILES string of the molecule is CNC(=O)CC(C(=O)NC(C)COCC(C)OCC(C)N1C(=O)CC(NC(=O)CC(C)C(=O)NC)C1=O)N1C(=O)CC(C)C1=O. The first kappa shape index (κ1) is 37.3. The average molecular weight is 639 g/mol. The van der Waals surface area contributed by atoms with Crippen LogP contribution < -0.4 is 21.3 Å². The van der Waals surface area contributed by atoms with Crippen LogP contribution in [-0.4, -0.2) is 121 Å². The van der Waals surface area contributed by atoms with Crippen molar-refractivity contribution in [3.63, 3.8) is 0 Å². The maximum atomic E-state index is 13.0. The molecule has 0 radical (unpaired) electrons. The number of likely N-dealkylation sites (tertiary alicyclic amines) is 2. The van der Waals surface area contributed by atoms with Gasteiger partial charge in [-0.1, -0.05) is 13.8 Å². The van der Waals surface area contributed by atoms with Gasteiger partial charge >= 0.3 is 0 Å². The number of hydrogen-bond donors (Lipinski definition) is 4. The van der Waals surface area contributed by atoms with E-state index < -0.39 is 83.5 Å². The van der Waals surface area contributed by atoms with E-state index in [0.717, 1.165) is 9.80 Å². The van der Waals surface area contributed by atoms with Crippen molar-refractivity contribution in [3.8, 4) is 0 Å². The van der Waals surface area contributed by atoms with E-state index in [4.69, 9.17) is 9.47 Å². The minimum Gasteiger partial charge on any atom is -0.377 e. The Bertz CT molecular complexity index is 1160. The third-order valence-corrected chi connectivity index (χ3v) is 7.56. The van der Waals surface area contributed by atoms with E-state index in [1.165, 1.54) is 14.1 Å². The van der Waals surface area contributed by atoms with Gasteiger partial charge in [0.05, 0.1) is 44.8 Å². The molecule has 0 spiro atoms. The Balaban J connectivity index is 1.80. The minimum atomic E-state index is -1.28. The normalized spacial score (nSPS) is 21.7. The molecule has 2 saturated heterocycles. The molecule has 0 saturated carbocycles. The lowest BCUT2D eigenvalue weighted by Gasteiger charge is -2.27. The maximum Gasteiger partial charge on any atom is 0.252 e. The van der Waals surface area contributed by atoms with Crippen LogP contribution >= 0.6 is 0 Å². The largest absolute Gasteiger partial charge is 0.377 e. The second-order valence-corrected chi connectivity index (χ2v) is 11.7. The summed E-state index contributed by atoms with van der Waals surface area (Å²) >= 11 is 0. The van der Waals surface area contributed by atoms with Crippen LogP contribution in [0.15, 0.2) is 0 Å². The summed E-state index contributed by atoms with van der Waals surface area (Å²) in [6.07, 6.45) is -1.15. The summed E-state index contributed by atoms with van der Waals surface area (Å²) in [6, 6.07) is -3.44. The van der Waals surface area contributed by atoms with E-state index in [1.807, 2.05) is 0 Å². The number of imide groups is 2. The van der Waals surface area contributed by atoms with Gasteiger partial charge in [0.15, 0.2) is 0 Å². The van der Waals surface area contributed by atoms with Crippen molar-refractivity contribution < 1.29 is 47.8 Å². The van der Waals surface area contributed by atoms with E-state index in [0.29, 0.717) is 0 Å². The smallest absolute Gasteiger partial charge is 0.252 e. The topological polar surface area (TPSA) is 210 Å². The van der Waals surface area contributed by atoms with E-state index in [2.05, 4.69) is 21.3 Å². The molecule has 252 valence electrons. The first-order valence-electron chi connectivity index (χ1n) is 15.0. The highest BCUT2D eigenvalue weighted by molar-refractivity contribution is 6.08. The third-order valence-electron chi connectivity index (χ3n) is 7.56. The molecular weight excluding hydrogens is 592 g/mol. The van der Waals surface area contributed by atoms with Crippen LogP contribution in [0, 0.1) is 11.8 Å². The summed E-state index contributed by atoms with van der Waals surface area (Å²) < 4.78 is 11.4. The van der Waals surface area contributed by atoms with Crippen LogP contribution in [0.25, 0.3) is 0 Å². The number of carbonyl (C=O) groups excluding carboxylic acids is 8. The molecule has 16 heteroatoms. The van der Waals surface area contributed by atoms with Gasteiger partial charge in [0.25, 0.3) is 5.91 Å². The number of amides is 8. The van der Waals surface area contributed by atoms with E-state index in [1.54, 1.807) is 34.6 Å². The van der Waals surface area contributed by atoms with Crippen LogP contribution in [0.4, 0.5) is 0 Å². The lowest BCUT2D eigenvalue weighted by molar-refractivity contribution is -0.149. The fourth-order valence-electron chi connectivity index (χ4n) is 5.03. The Hall–Kier alpha value is -3.92. The Labute approximate surface area is 262 Å². The Kier molecular flexibility index (Phi) is 14.0. The van der Waals surface area contributed by atoms with Gasteiger partial charge in [-0.25, -0.2) is 0 Å². The zero-order chi connectivity index (χ0) is 34.0. The molecule has 2 heterocycles. The van der Waals surface area contributed by atoms with Crippen molar-refractivity contribution >= 4 is 47.3 Å². The lowest BCUT2D eigenvalue weighted by Crippen LogP contribution is -2.53. The summed E-state index contributed by atoms with van der Waals surface area (Å²) in [7, 11) is 2.86. The zero-order valence-electron chi connectivity index (χ0n) is 27.0. The van der Waals surface area contributed by atoms with Gasteiger partial charge < -0.3 is 30.7 Å². The fraction of sp³-hybridized carbons (Fsp3) is 0.724. The predicted molar refractivity (Wildman–Crippen MR) is 158 cm³/mol. The average Bonchev–Trinajstić information content (AvgIpc) is 3.40. The van der Waals surface area contributed by atoms with Crippen LogP contribution in [-0.2, 0) is 47.8 Å². The monoisotopic (exact) mass is 638 g/mol. The van der Waals surface area contributed by atoms with Crippen LogP contribution in [0.3, 0.4) is 0 Å². The highest BCUT2D eigenvalue weighted by atomic mass is 16.5. The Morgan fingerprint density at radius 3 is 2.02 bits per heavy atom. The maximum absolute atomic E-state index is 13.0. The second-order valence-electron chi connectivity index (χ2n) is 11.7.